The van der Waals surface area contributed by atoms with Gasteiger partial charge in [-0.2, -0.15) is 13.2 Å². The molecule has 2 rings (SSSR count). The normalized spacial score (nSPS) is 18.9. The highest BCUT2D eigenvalue weighted by molar-refractivity contribution is 5.76. The number of methoxy groups -OCH3 is 1. The third kappa shape index (κ3) is 3.14. The van der Waals surface area contributed by atoms with Gasteiger partial charge in [0.05, 0.1) is 18.7 Å². The van der Waals surface area contributed by atoms with E-state index in [1.54, 1.807) is 11.8 Å². The van der Waals surface area contributed by atoms with Crippen LogP contribution in [0.5, 0.6) is 5.75 Å². The number of hydrogen-bond acceptors (Lipinski definition) is 2. The third-order valence-electron chi connectivity index (χ3n) is 3.80. The number of nitrogens with zero attached hydrogens (tertiary/aromatic N) is 1. The van der Waals surface area contributed by atoms with E-state index >= 15 is 0 Å². The van der Waals surface area contributed by atoms with E-state index in [0.717, 1.165) is 6.07 Å². The molecule has 0 N–H and O–H groups in total. The van der Waals surface area contributed by atoms with Crippen molar-refractivity contribution in [3.8, 4) is 5.75 Å². The predicted octanol–water partition coefficient (Wildman–Crippen LogP) is 3.79. The van der Waals surface area contributed by atoms with Crippen molar-refractivity contribution in [2.24, 2.45) is 0 Å². The highest BCUT2D eigenvalue weighted by Crippen LogP contribution is 2.41. The van der Waals surface area contributed by atoms with Gasteiger partial charge < -0.3 is 9.64 Å². The summed E-state index contributed by atoms with van der Waals surface area (Å²) in [7, 11) is 1.41. The maximum absolute atomic E-state index is 13.2. The zero-order chi connectivity index (χ0) is 15.6. The Labute approximate surface area is 121 Å². The summed E-state index contributed by atoms with van der Waals surface area (Å²) in [6.45, 7) is 2.22. The van der Waals surface area contributed by atoms with Crippen LogP contribution in [0.1, 0.15) is 43.4 Å². The van der Waals surface area contributed by atoms with Gasteiger partial charge in [0.15, 0.2) is 0 Å². The van der Waals surface area contributed by atoms with Crippen LogP contribution in [0.15, 0.2) is 18.2 Å². The van der Waals surface area contributed by atoms with Gasteiger partial charge in [0, 0.05) is 13.0 Å². The number of carbonyl (C=O) groups is 1. The highest BCUT2D eigenvalue weighted by atomic mass is 19.4. The summed E-state index contributed by atoms with van der Waals surface area (Å²) in [6.07, 6.45) is -2.89. The minimum absolute atomic E-state index is 0.117. The minimum Gasteiger partial charge on any atom is -0.497 e. The second kappa shape index (κ2) is 5.95. The van der Waals surface area contributed by atoms with Crippen LogP contribution in [-0.2, 0) is 11.0 Å². The molecule has 6 heteroatoms. The summed E-state index contributed by atoms with van der Waals surface area (Å²) in [4.78, 5) is 13.5. The Balaban J connectivity index is 2.47. The van der Waals surface area contributed by atoms with Crippen LogP contribution in [0.2, 0.25) is 0 Å². The number of likely N-dealkylation sites (tertiary alicyclic amines) is 1. The molecule has 0 bridgehead atoms. The standard InChI is InChI=1S/C15H18F3NO2/c1-3-14(20)19-8-4-5-13(19)11-9-10(21-2)6-7-12(11)15(16,17)18/h6-7,9,13H,3-5,8H2,1-2H3. The van der Waals surface area contributed by atoms with Crippen molar-refractivity contribution in [2.45, 2.75) is 38.4 Å². The molecule has 116 valence electrons. The van der Waals surface area contributed by atoms with Crippen LogP contribution in [0, 0.1) is 0 Å². The van der Waals surface area contributed by atoms with Crippen molar-refractivity contribution >= 4 is 5.91 Å². The fourth-order valence-electron chi connectivity index (χ4n) is 2.79. The molecule has 0 saturated carbocycles. The summed E-state index contributed by atoms with van der Waals surface area (Å²) >= 11 is 0. The quantitative estimate of drug-likeness (QED) is 0.850. The number of hydrogen-bond donors (Lipinski definition) is 0. The Morgan fingerprint density at radius 1 is 1.43 bits per heavy atom. The lowest BCUT2D eigenvalue weighted by Gasteiger charge is -2.27. The molecule has 0 aliphatic carbocycles. The molecule has 1 saturated heterocycles. The third-order valence-corrected chi connectivity index (χ3v) is 3.80. The molecule has 1 fully saturated rings. The number of carbonyl (C=O) groups excluding carboxylic acids is 1. The van der Waals surface area contributed by atoms with Crippen molar-refractivity contribution < 1.29 is 22.7 Å². The zero-order valence-corrected chi connectivity index (χ0v) is 12.0. The van der Waals surface area contributed by atoms with Gasteiger partial charge in [0.2, 0.25) is 5.91 Å². The Morgan fingerprint density at radius 3 is 2.71 bits per heavy atom. The molecule has 1 unspecified atom stereocenters. The Bertz CT molecular complexity index is 528. The van der Waals surface area contributed by atoms with Gasteiger partial charge in [-0.15, -0.1) is 0 Å². The summed E-state index contributed by atoms with van der Waals surface area (Å²) < 4.78 is 44.6. The van der Waals surface area contributed by atoms with Crippen molar-refractivity contribution in [2.75, 3.05) is 13.7 Å². The number of halogens is 3. The molecule has 1 aromatic carbocycles. The van der Waals surface area contributed by atoms with Crippen LogP contribution < -0.4 is 4.74 Å². The first kappa shape index (κ1) is 15.7. The Kier molecular flexibility index (Phi) is 4.44. The van der Waals surface area contributed by atoms with Crippen molar-refractivity contribution in [1.82, 2.24) is 4.90 Å². The van der Waals surface area contributed by atoms with Crippen LogP contribution in [0.25, 0.3) is 0 Å². The first-order valence-electron chi connectivity index (χ1n) is 6.93. The fraction of sp³-hybridized carbons (Fsp3) is 0.533. The smallest absolute Gasteiger partial charge is 0.416 e. The van der Waals surface area contributed by atoms with Crippen molar-refractivity contribution in [3.63, 3.8) is 0 Å². The molecule has 0 spiro atoms. The number of benzene rings is 1. The number of amides is 1. The molecule has 1 amide bonds. The van der Waals surface area contributed by atoms with Crippen LogP contribution >= 0.6 is 0 Å². The van der Waals surface area contributed by atoms with E-state index in [9.17, 15) is 18.0 Å². The van der Waals surface area contributed by atoms with E-state index in [-0.39, 0.29) is 11.5 Å². The molecule has 1 aliphatic heterocycles. The summed E-state index contributed by atoms with van der Waals surface area (Å²) in [6, 6.07) is 3.20. The average Bonchev–Trinajstić information content (AvgIpc) is 2.94. The van der Waals surface area contributed by atoms with Gasteiger partial charge in [-0.3, -0.25) is 4.79 Å². The molecular weight excluding hydrogens is 283 g/mol. The average molecular weight is 301 g/mol. The molecule has 21 heavy (non-hydrogen) atoms. The molecule has 0 radical (unpaired) electrons. The van der Waals surface area contributed by atoms with E-state index in [1.807, 2.05) is 0 Å². The lowest BCUT2D eigenvalue weighted by Crippen LogP contribution is -2.31. The monoisotopic (exact) mass is 301 g/mol. The summed E-state index contributed by atoms with van der Waals surface area (Å²) in [5.41, 5.74) is -0.565. The second-order valence-corrected chi connectivity index (χ2v) is 5.05. The molecule has 1 heterocycles. The molecule has 0 aromatic heterocycles. The lowest BCUT2D eigenvalue weighted by molar-refractivity contribution is -0.140. The first-order valence-corrected chi connectivity index (χ1v) is 6.93. The van der Waals surface area contributed by atoms with E-state index in [0.29, 0.717) is 31.6 Å². The number of alkyl halides is 3. The van der Waals surface area contributed by atoms with E-state index in [2.05, 4.69) is 0 Å². The van der Waals surface area contributed by atoms with E-state index in [4.69, 9.17) is 4.74 Å². The van der Waals surface area contributed by atoms with Gasteiger partial charge >= 0.3 is 6.18 Å². The van der Waals surface area contributed by atoms with Gasteiger partial charge in [-0.05, 0) is 36.6 Å². The Hall–Kier alpha value is -1.72. The van der Waals surface area contributed by atoms with Crippen LogP contribution in [0.4, 0.5) is 13.2 Å². The second-order valence-electron chi connectivity index (χ2n) is 5.05. The predicted molar refractivity (Wildman–Crippen MR) is 72.0 cm³/mol. The van der Waals surface area contributed by atoms with Gasteiger partial charge in [0.1, 0.15) is 5.75 Å². The van der Waals surface area contributed by atoms with Crippen molar-refractivity contribution in [3.05, 3.63) is 29.3 Å². The maximum Gasteiger partial charge on any atom is 0.416 e. The van der Waals surface area contributed by atoms with Gasteiger partial charge in [-0.1, -0.05) is 6.92 Å². The maximum atomic E-state index is 13.2. The molecular formula is C15H18F3NO2. The van der Waals surface area contributed by atoms with Crippen molar-refractivity contribution in [1.29, 1.82) is 0 Å². The largest absolute Gasteiger partial charge is 0.497 e. The molecule has 3 nitrogen and oxygen atoms in total. The van der Waals surface area contributed by atoms with Crippen LogP contribution in [0.3, 0.4) is 0 Å². The summed E-state index contributed by atoms with van der Waals surface area (Å²) in [5.74, 6) is 0.252. The fourth-order valence-corrected chi connectivity index (χ4v) is 2.79. The molecule has 1 atom stereocenters. The van der Waals surface area contributed by atoms with E-state index < -0.39 is 17.8 Å². The molecule has 1 aliphatic rings. The zero-order valence-electron chi connectivity index (χ0n) is 12.0. The first-order chi connectivity index (χ1) is 9.88. The number of rotatable bonds is 3. The van der Waals surface area contributed by atoms with Gasteiger partial charge in [0.25, 0.3) is 0 Å². The van der Waals surface area contributed by atoms with Gasteiger partial charge in [-0.25, -0.2) is 0 Å². The highest BCUT2D eigenvalue weighted by Gasteiger charge is 2.39. The topological polar surface area (TPSA) is 29.5 Å². The van der Waals surface area contributed by atoms with Crippen LogP contribution in [-0.4, -0.2) is 24.5 Å². The summed E-state index contributed by atoms with van der Waals surface area (Å²) in [5, 5.41) is 0. The Morgan fingerprint density at radius 2 is 2.14 bits per heavy atom. The number of ether oxygens (including phenoxy) is 1. The van der Waals surface area contributed by atoms with E-state index in [1.165, 1.54) is 19.2 Å². The SMILES string of the molecule is CCC(=O)N1CCCC1c1cc(OC)ccc1C(F)(F)F. The molecule has 1 aromatic rings. The minimum atomic E-state index is -4.44. The lowest BCUT2D eigenvalue weighted by atomic mass is 9.97.